The third-order valence-electron chi connectivity index (χ3n) is 3.04. The summed E-state index contributed by atoms with van der Waals surface area (Å²) in [7, 11) is 0. The molecule has 0 saturated heterocycles. The van der Waals surface area contributed by atoms with E-state index in [1.54, 1.807) is 30.5 Å². The molecule has 1 N–H and O–H groups in total. The maximum atomic E-state index is 13.6. The number of carbonyl (C=O) groups is 1. The number of halogens is 2. The van der Waals surface area contributed by atoms with Crippen molar-refractivity contribution in [2.75, 3.05) is 0 Å². The summed E-state index contributed by atoms with van der Waals surface area (Å²) in [4.78, 5) is 12.0. The van der Waals surface area contributed by atoms with Crippen LogP contribution >= 0.6 is 11.6 Å². The van der Waals surface area contributed by atoms with Gasteiger partial charge in [-0.1, -0.05) is 17.7 Å². The highest BCUT2D eigenvalue weighted by atomic mass is 35.5. The molecule has 0 radical (unpaired) electrons. The number of amides is 1. The summed E-state index contributed by atoms with van der Waals surface area (Å²) >= 11 is 5.84. The minimum Gasteiger partial charge on any atom is -0.461 e. The first-order valence-corrected chi connectivity index (χ1v) is 6.88. The molecule has 3 rings (SSSR count). The normalized spacial score (nSPS) is 10.6. The molecule has 1 amide bonds. The van der Waals surface area contributed by atoms with Gasteiger partial charge in [-0.2, -0.15) is 0 Å². The van der Waals surface area contributed by atoms with Crippen molar-refractivity contribution in [3.63, 3.8) is 0 Å². The number of rotatable bonds is 4. The lowest BCUT2D eigenvalue weighted by atomic mass is 10.2. The molecule has 2 heterocycles. The Hall–Kier alpha value is -2.53. The first kappa shape index (κ1) is 14.4. The van der Waals surface area contributed by atoms with Crippen LogP contribution in [0.15, 0.2) is 57.6 Å². The van der Waals surface area contributed by atoms with Gasteiger partial charge in [0.15, 0.2) is 11.5 Å². The summed E-state index contributed by atoms with van der Waals surface area (Å²) in [6, 6.07) is 11.0. The van der Waals surface area contributed by atoms with Crippen molar-refractivity contribution in [2.45, 2.75) is 6.54 Å². The van der Waals surface area contributed by atoms with Crippen molar-refractivity contribution in [3.8, 4) is 11.5 Å². The standard InChI is InChI=1S/C16H11ClFNO3/c17-11-3-1-4-12(18)15(11)16(20)19-9-10-6-7-14(22-10)13-5-2-8-21-13/h1-8H,9H2,(H,19,20). The molecule has 0 aliphatic heterocycles. The Morgan fingerprint density at radius 3 is 2.73 bits per heavy atom. The van der Waals surface area contributed by atoms with Crippen LogP contribution in [0.25, 0.3) is 11.5 Å². The number of furan rings is 2. The number of nitrogens with one attached hydrogen (secondary N) is 1. The van der Waals surface area contributed by atoms with Crippen LogP contribution in [-0.4, -0.2) is 5.91 Å². The lowest BCUT2D eigenvalue weighted by molar-refractivity contribution is 0.0944. The van der Waals surface area contributed by atoms with E-state index in [0.717, 1.165) is 0 Å². The zero-order chi connectivity index (χ0) is 15.5. The van der Waals surface area contributed by atoms with Crippen LogP contribution in [0, 0.1) is 5.82 Å². The first-order chi connectivity index (χ1) is 10.6. The van der Waals surface area contributed by atoms with Gasteiger partial charge in [-0.25, -0.2) is 4.39 Å². The summed E-state index contributed by atoms with van der Waals surface area (Å²) in [5.41, 5.74) is -0.179. The van der Waals surface area contributed by atoms with E-state index in [4.69, 9.17) is 20.4 Å². The Balaban J connectivity index is 1.69. The molecule has 112 valence electrons. The Kier molecular flexibility index (Phi) is 3.98. The van der Waals surface area contributed by atoms with Crippen LogP contribution in [0.2, 0.25) is 5.02 Å². The molecule has 22 heavy (non-hydrogen) atoms. The third kappa shape index (κ3) is 2.89. The predicted molar refractivity (Wildman–Crippen MR) is 79.0 cm³/mol. The molecule has 0 unspecified atom stereocenters. The Bertz CT molecular complexity index is 775. The molecule has 6 heteroatoms. The van der Waals surface area contributed by atoms with Gasteiger partial charge in [0.05, 0.1) is 23.4 Å². The van der Waals surface area contributed by atoms with Crippen molar-refractivity contribution in [3.05, 3.63) is 70.9 Å². The van der Waals surface area contributed by atoms with E-state index in [0.29, 0.717) is 17.3 Å². The van der Waals surface area contributed by atoms with Gasteiger partial charge in [-0.05, 0) is 36.4 Å². The minimum atomic E-state index is -0.666. The lowest BCUT2D eigenvalue weighted by Crippen LogP contribution is -2.24. The highest BCUT2D eigenvalue weighted by Gasteiger charge is 2.16. The zero-order valence-corrected chi connectivity index (χ0v) is 12.1. The Morgan fingerprint density at radius 2 is 2.00 bits per heavy atom. The number of hydrogen-bond acceptors (Lipinski definition) is 3. The summed E-state index contributed by atoms with van der Waals surface area (Å²) < 4.78 is 24.4. The molecule has 0 spiro atoms. The third-order valence-corrected chi connectivity index (χ3v) is 3.35. The topological polar surface area (TPSA) is 55.4 Å². The molecule has 1 aromatic carbocycles. The molecule has 0 saturated carbocycles. The largest absolute Gasteiger partial charge is 0.461 e. The second kappa shape index (κ2) is 6.07. The van der Waals surface area contributed by atoms with Crippen molar-refractivity contribution in [1.82, 2.24) is 5.32 Å². The zero-order valence-electron chi connectivity index (χ0n) is 11.3. The van der Waals surface area contributed by atoms with E-state index in [1.165, 1.54) is 18.2 Å². The molecular formula is C16H11ClFNO3. The van der Waals surface area contributed by atoms with Crippen LogP contribution in [0.1, 0.15) is 16.1 Å². The van der Waals surface area contributed by atoms with Crippen LogP contribution in [0.4, 0.5) is 4.39 Å². The number of benzene rings is 1. The lowest BCUT2D eigenvalue weighted by Gasteiger charge is -2.06. The molecular weight excluding hydrogens is 309 g/mol. The van der Waals surface area contributed by atoms with E-state index >= 15 is 0 Å². The van der Waals surface area contributed by atoms with Gasteiger partial charge in [0.1, 0.15) is 11.6 Å². The Labute approximate surface area is 130 Å². The second-order valence-corrected chi connectivity index (χ2v) is 4.93. The molecule has 0 bridgehead atoms. The van der Waals surface area contributed by atoms with E-state index in [2.05, 4.69) is 5.32 Å². The quantitative estimate of drug-likeness (QED) is 0.781. The van der Waals surface area contributed by atoms with Gasteiger partial charge in [0, 0.05) is 0 Å². The fourth-order valence-corrected chi connectivity index (χ4v) is 2.24. The SMILES string of the molecule is O=C(NCc1ccc(-c2ccco2)o1)c1c(F)cccc1Cl. The van der Waals surface area contributed by atoms with Gasteiger partial charge in [0.2, 0.25) is 0 Å². The highest BCUT2D eigenvalue weighted by Crippen LogP contribution is 2.23. The van der Waals surface area contributed by atoms with Gasteiger partial charge in [-0.3, -0.25) is 4.79 Å². The van der Waals surface area contributed by atoms with E-state index in [9.17, 15) is 9.18 Å². The molecule has 0 aliphatic rings. The second-order valence-electron chi connectivity index (χ2n) is 4.52. The summed E-state index contributed by atoms with van der Waals surface area (Å²) in [5, 5.41) is 2.63. The van der Waals surface area contributed by atoms with Crippen LogP contribution in [0.5, 0.6) is 0 Å². The average molecular weight is 320 g/mol. The fourth-order valence-electron chi connectivity index (χ4n) is 1.99. The number of hydrogen-bond donors (Lipinski definition) is 1. The molecule has 0 fully saturated rings. The smallest absolute Gasteiger partial charge is 0.256 e. The van der Waals surface area contributed by atoms with Crippen LogP contribution in [-0.2, 0) is 6.54 Å². The van der Waals surface area contributed by atoms with Crippen molar-refractivity contribution < 1.29 is 18.0 Å². The highest BCUT2D eigenvalue weighted by molar-refractivity contribution is 6.33. The van der Waals surface area contributed by atoms with Crippen LogP contribution < -0.4 is 5.32 Å². The molecule has 0 atom stereocenters. The maximum Gasteiger partial charge on any atom is 0.256 e. The average Bonchev–Trinajstić information content (AvgIpc) is 3.16. The fraction of sp³-hybridized carbons (Fsp3) is 0.0625. The van der Waals surface area contributed by atoms with Crippen molar-refractivity contribution >= 4 is 17.5 Å². The predicted octanol–water partition coefficient (Wildman–Crippen LogP) is 4.26. The van der Waals surface area contributed by atoms with Gasteiger partial charge >= 0.3 is 0 Å². The minimum absolute atomic E-state index is 0.0632. The molecule has 3 aromatic rings. The monoisotopic (exact) mass is 319 g/mol. The van der Waals surface area contributed by atoms with E-state index in [1.807, 2.05) is 0 Å². The van der Waals surface area contributed by atoms with Crippen LogP contribution in [0.3, 0.4) is 0 Å². The summed E-state index contributed by atoms with van der Waals surface area (Å²) in [5.74, 6) is 0.403. The Morgan fingerprint density at radius 1 is 1.14 bits per heavy atom. The molecule has 2 aromatic heterocycles. The molecule has 0 aliphatic carbocycles. The summed E-state index contributed by atoms with van der Waals surface area (Å²) in [6.07, 6.45) is 1.54. The molecule has 4 nitrogen and oxygen atoms in total. The maximum absolute atomic E-state index is 13.6. The van der Waals surface area contributed by atoms with Crippen molar-refractivity contribution in [2.24, 2.45) is 0 Å². The van der Waals surface area contributed by atoms with Gasteiger partial charge < -0.3 is 14.2 Å². The summed E-state index contributed by atoms with van der Waals surface area (Å²) in [6.45, 7) is 0.115. The van der Waals surface area contributed by atoms with E-state index < -0.39 is 11.7 Å². The number of carbonyl (C=O) groups excluding carboxylic acids is 1. The van der Waals surface area contributed by atoms with Crippen molar-refractivity contribution in [1.29, 1.82) is 0 Å². The van der Waals surface area contributed by atoms with Gasteiger partial charge in [0.25, 0.3) is 5.91 Å². The van der Waals surface area contributed by atoms with E-state index in [-0.39, 0.29) is 17.1 Å². The first-order valence-electron chi connectivity index (χ1n) is 6.50. The van der Waals surface area contributed by atoms with Gasteiger partial charge in [-0.15, -0.1) is 0 Å².